The largest absolute Gasteiger partial charge is 0.456 e. The molecule has 8 heterocycles. The van der Waals surface area contributed by atoms with Gasteiger partial charge in [-0.25, -0.2) is 0 Å². The molecule has 0 radical (unpaired) electrons. The Morgan fingerprint density at radius 3 is 1.06 bits per heavy atom. The number of benzene rings is 13. The van der Waals surface area contributed by atoms with E-state index in [4.69, 9.17) is 22.1 Å². The first kappa shape index (κ1) is 44.9. The molecule has 8 heteroatoms. The Balaban J connectivity index is 0.697. The van der Waals surface area contributed by atoms with Crippen molar-refractivity contribution in [2.24, 2.45) is 0 Å². The Hall–Kier alpha value is -11.7. The number of hydrogen-bond donors (Lipinski definition) is 0. The van der Waals surface area contributed by atoms with Crippen molar-refractivity contribution in [3.63, 3.8) is 0 Å². The lowest BCUT2D eigenvalue weighted by atomic mass is 10.0. The van der Waals surface area contributed by atoms with Crippen molar-refractivity contribution in [2.75, 3.05) is 0 Å². The topological polar surface area (TPSA) is 80.5 Å². The van der Waals surface area contributed by atoms with Crippen LogP contribution in [0, 0.1) is 0 Å². The number of hydrogen-bond acceptors (Lipinski definition) is 5. The number of fused-ring (bicyclic) bond motifs is 27. The Bertz CT molecular complexity index is 6550. The van der Waals surface area contributed by atoms with Gasteiger partial charge >= 0.3 is 0 Å². The standard InChI is InChI=1S/C78H41N3O5/c1-6-16-60-47(11-1)48-12-2-7-17-61(48)79(60)44-23-33-69-57(39-44)51-27-30-65-74(77(51)85-69)54-15-4-9-19-63(54)81(65)46-25-35-71-59(41-46)75-72(83-71)36-28-52-58-40-45(24-34-70(58)86-78(52)75)80-62-18-8-3-14-53(62)73-64(80)29-26-50-56-38-43(22-32-68(56)84-76(50)73)42-21-31-67-55(37-42)49-13-5-10-20-66(49)82-67/h1-41H. The van der Waals surface area contributed by atoms with Crippen LogP contribution in [0.5, 0.6) is 0 Å². The van der Waals surface area contributed by atoms with Gasteiger partial charge in [0.2, 0.25) is 0 Å². The second kappa shape index (κ2) is 16.1. The quantitative estimate of drug-likeness (QED) is 0.175. The number of aromatic nitrogens is 3. The third-order valence-electron chi connectivity index (χ3n) is 18.6. The van der Waals surface area contributed by atoms with Crippen LogP contribution in [0.1, 0.15) is 0 Å². The van der Waals surface area contributed by atoms with E-state index < -0.39 is 0 Å². The zero-order valence-corrected chi connectivity index (χ0v) is 45.6. The van der Waals surface area contributed by atoms with Gasteiger partial charge in [-0.3, -0.25) is 0 Å². The Morgan fingerprint density at radius 1 is 0.186 bits per heavy atom. The van der Waals surface area contributed by atoms with Crippen LogP contribution in [0.3, 0.4) is 0 Å². The number of rotatable bonds is 4. The van der Waals surface area contributed by atoms with Crippen LogP contribution >= 0.6 is 0 Å². The van der Waals surface area contributed by atoms with E-state index in [-0.39, 0.29) is 0 Å². The molecule has 0 aliphatic heterocycles. The molecular formula is C78H41N3O5. The number of nitrogens with zero attached hydrogens (tertiary/aromatic N) is 3. The fraction of sp³-hybridized carbons (Fsp3) is 0. The van der Waals surface area contributed by atoms with E-state index in [0.29, 0.717) is 0 Å². The van der Waals surface area contributed by atoms with E-state index in [2.05, 4.69) is 250 Å². The predicted molar refractivity (Wildman–Crippen MR) is 351 cm³/mol. The molecule has 0 aliphatic rings. The SMILES string of the molecule is c1ccc2c(c1)oc1ccc(-c3ccc4oc5c(ccc6c5c5ccccc5n6-c5ccc6oc7c(ccc8oc9ccc(-n%10c%11ccccc%11c%11c%12oc%13ccc(-n%14c%15ccccc%15c%15ccccc%15%14)cc%13c%12ccc%11%10)cc9c87)c6c5)c4c3)cc12. The van der Waals surface area contributed by atoms with Gasteiger partial charge in [-0.2, -0.15) is 0 Å². The van der Waals surface area contributed by atoms with Gasteiger partial charge in [-0.05, 0) is 157 Å². The second-order valence-corrected chi connectivity index (χ2v) is 23.0. The van der Waals surface area contributed by atoms with Gasteiger partial charge < -0.3 is 35.8 Å². The first-order valence-corrected chi connectivity index (χ1v) is 29.1. The summed E-state index contributed by atoms with van der Waals surface area (Å²) in [6, 6.07) is 88.6. The fourth-order valence-electron chi connectivity index (χ4n) is 14.9. The maximum atomic E-state index is 6.96. The van der Waals surface area contributed by atoms with Crippen molar-refractivity contribution in [3.8, 4) is 28.2 Å². The highest BCUT2D eigenvalue weighted by atomic mass is 16.4. The lowest BCUT2D eigenvalue weighted by Gasteiger charge is -2.08. The molecule has 0 amide bonds. The number of furan rings is 5. The summed E-state index contributed by atoms with van der Waals surface area (Å²) < 4.78 is 40.7. The molecule has 21 rings (SSSR count). The van der Waals surface area contributed by atoms with Gasteiger partial charge in [0, 0.05) is 87.1 Å². The Kier molecular flexibility index (Phi) is 8.38. The van der Waals surface area contributed by atoms with Crippen LogP contribution in [0.15, 0.2) is 271 Å². The molecule has 0 bridgehead atoms. The molecule has 0 unspecified atom stereocenters. The first-order valence-electron chi connectivity index (χ1n) is 29.1. The third kappa shape index (κ3) is 5.81. The fourth-order valence-corrected chi connectivity index (χ4v) is 14.9. The smallest absolute Gasteiger partial charge is 0.147 e. The highest BCUT2D eigenvalue weighted by Crippen LogP contribution is 2.47. The maximum absolute atomic E-state index is 6.96. The van der Waals surface area contributed by atoms with E-state index in [1.807, 2.05) is 12.1 Å². The van der Waals surface area contributed by atoms with Crippen LogP contribution in [-0.4, -0.2) is 13.7 Å². The normalized spacial score (nSPS) is 12.7. The van der Waals surface area contributed by atoms with Gasteiger partial charge in [-0.1, -0.05) is 103 Å². The highest BCUT2D eigenvalue weighted by Gasteiger charge is 2.25. The molecule has 21 aromatic rings. The average molecular weight is 1100 g/mol. The van der Waals surface area contributed by atoms with Crippen LogP contribution in [0.4, 0.5) is 0 Å². The summed E-state index contributed by atoms with van der Waals surface area (Å²) in [6.45, 7) is 0. The summed E-state index contributed by atoms with van der Waals surface area (Å²) in [5, 5.41) is 17.4. The van der Waals surface area contributed by atoms with Crippen molar-refractivity contribution >= 4 is 175 Å². The number of para-hydroxylation sites is 5. The van der Waals surface area contributed by atoms with E-state index in [9.17, 15) is 0 Å². The van der Waals surface area contributed by atoms with E-state index >= 15 is 0 Å². The lowest BCUT2D eigenvalue weighted by Crippen LogP contribution is -1.93. The van der Waals surface area contributed by atoms with Crippen LogP contribution < -0.4 is 0 Å². The molecular weight excluding hydrogens is 1060 g/mol. The van der Waals surface area contributed by atoms with Crippen molar-refractivity contribution in [2.45, 2.75) is 0 Å². The van der Waals surface area contributed by atoms with Crippen LogP contribution in [0.2, 0.25) is 0 Å². The molecule has 0 fully saturated rings. The molecule has 0 saturated heterocycles. The Labute approximate surface area is 485 Å². The third-order valence-corrected chi connectivity index (χ3v) is 18.6. The zero-order valence-electron chi connectivity index (χ0n) is 45.6. The first-order chi connectivity index (χ1) is 42.6. The van der Waals surface area contributed by atoms with Gasteiger partial charge in [0.1, 0.15) is 55.8 Å². The van der Waals surface area contributed by atoms with Crippen LogP contribution in [-0.2, 0) is 0 Å². The van der Waals surface area contributed by atoms with Gasteiger partial charge in [-0.15, -0.1) is 0 Å². The summed E-state index contributed by atoms with van der Waals surface area (Å²) in [4.78, 5) is 0. The Morgan fingerprint density at radius 2 is 0.523 bits per heavy atom. The molecule has 0 spiro atoms. The molecule has 0 saturated carbocycles. The molecule has 0 atom stereocenters. The van der Waals surface area contributed by atoms with Crippen molar-refractivity contribution < 1.29 is 22.1 Å². The van der Waals surface area contributed by atoms with E-state index in [1.165, 1.54) is 21.8 Å². The van der Waals surface area contributed by atoms with Gasteiger partial charge in [0.15, 0.2) is 0 Å². The van der Waals surface area contributed by atoms with Crippen molar-refractivity contribution in [1.29, 1.82) is 0 Å². The minimum Gasteiger partial charge on any atom is -0.456 e. The second-order valence-electron chi connectivity index (χ2n) is 23.0. The maximum Gasteiger partial charge on any atom is 0.147 e. The van der Waals surface area contributed by atoms with Crippen molar-refractivity contribution in [1.82, 2.24) is 13.7 Å². The molecule has 8 aromatic heterocycles. The molecule has 13 aromatic carbocycles. The monoisotopic (exact) mass is 1100 g/mol. The van der Waals surface area contributed by atoms with E-state index in [1.54, 1.807) is 0 Å². The summed E-state index contributed by atoms with van der Waals surface area (Å²) in [7, 11) is 0. The molecule has 0 N–H and O–H groups in total. The summed E-state index contributed by atoms with van der Waals surface area (Å²) >= 11 is 0. The molecule has 8 nitrogen and oxygen atoms in total. The van der Waals surface area contributed by atoms with Gasteiger partial charge in [0.05, 0.1) is 49.3 Å². The van der Waals surface area contributed by atoms with Crippen LogP contribution in [0.25, 0.3) is 203 Å². The summed E-state index contributed by atoms with van der Waals surface area (Å²) in [5.74, 6) is 0. The van der Waals surface area contributed by atoms with Crippen molar-refractivity contribution in [3.05, 3.63) is 249 Å². The highest BCUT2D eigenvalue weighted by molar-refractivity contribution is 6.27. The van der Waals surface area contributed by atoms with E-state index in [0.717, 1.165) is 181 Å². The molecule has 0 aliphatic carbocycles. The van der Waals surface area contributed by atoms with Gasteiger partial charge in [0.25, 0.3) is 0 Å². The lowest BCUT2D eigenvalue weighted by molar-refractivity contribution is 0.662. The summed E-state index contributed by atoms with van der Waals surface area (Å²) in [6.07, 6.45) is 0. The molecule has 86 heavy (non-hydrogen) atoms. The predicted octanol–water partition coefficient (Wildman–Crippen LogP) is 22.1. The summed E-state index contributed by atoms with van der Waals surface area (Å²) in [5.41, 5.74) is 20.4. The zero-order chi connectivity index (χ0) is 55.6. The minimum atomic E-state index is 0.771. The average Bonchev–Trinajstić information content (AvgIpc) is 1.69. The molecule has 398 valence electrons. The minimum absolute atomic E-state index is 0.771.